The number of nitrogens with zero attached hydrogens (tertiary/aromatic N) is 1. The largest absolute Gasteiger partial charge is 0.493 e. The van der Waals surface area contributed by atoms with Gasteiger partial charge in [0, 0.05) is 24.7 Å². The van der Waals surface area contributed by atoms with Crippen LogP contribution in [0.2, 0.25) is 0 Å². The summed E-state index contributed by atoms with van der Waals surface area (Å²) in [7, 11) is 1.51. The van der Waals surface area contributed by atoms with Gasteiger partial charge in [0.2, 0.25) is 5.91 Å². The Bertz CT molecular complexity index is 673. The molecule has 1 fully saturated rings. The summed E-state index contributed by atoms with van der Waals surface area (Å²) in [4.78, 5) is 25.3. The number of methoxy groups -OCH3 is 1. The van der Waals surface area contributed by atoms with Gasteiger partial charge in [0.15, 0.2) is 18.1 Å². The molecular formula is C19H27N3O4. The molecule has 1 heterocycles. The summed E-state index contributed by atoms with van der Waals surface area (Å²) in [6.07, 6.45) is 6.33. The summed E-state index contributed by atoms with van der Waals surface area (Å²) < 4.78 is 10.6. The summed E-state index contributed by atoms with van der Waals surface area (Å²) in [5, 5.41) is 0. The van der Waals surface area contributed by atoms with E-state index in [2.05, 4.69) is 0 Å². The third kappa shape index (κ3) is 5.23. The molecule has 0 aromatic heterocycles. The lowest BCUT2D eigenvalue weighted by molar-refractivity contribution is -0.130. The third-order valence-corrected chi connectivity index (χ3v) is 4.42. The molecule has 1 aliphatic heterocycles. The molecule has 4 N–H and O–H groups in total. The quantitative estimate of drug-likeness (QED) is 0.712. The highest BCUT2D eigenvalue weighted by molar-refractivity contribution is 5.92. The van der Waals surface area contributed by atoms with Crippen LogP contribution in [0, 0.1) is 0 Å². The van der Waals surface area contributed by atoms with Crippen molar-refractivity contribution in [2.75, 3.05) is 20.3 Å². The van der Waals surface area contributed by atoms with E-state index in [9.17, 15) is 9.59 Å². The summed E-state index contributed by atoms with van der Waals surface area (Å²) in [6.45, 7) is 2.45. The highest BCUT2D eigenvalue weighted by atomic mass is 16.5. The average Bonchev–Trinajstić information content (AvgIpc) is 2.64. The topological polar surface area (TPSA) is 108 Å². The molecule has 142 valence electrons. The zero-order valence-electron chi connectivity index (χ0n) is 15.3. The highest BCUT2D eigenvalue weighted by Crippen LogP contribution is 2.28. The van der Waals surface area contributed by atoms with Crippen LogP contribution in [0.25, 0.3) is 6.08 Å². The first-order chi connectivity index (χ1) is 12.4. The highest BCUT2D eigenvalue weighted by Gasteiger charge is 2.27. The molecule has 1 aromatic rings. The van der Waals surface area contributed by atoms with Crippen LogP contribution in [0.4, 0.5) is 0 Å². The lowest BCUT2D eigenvalue weighted by Crippen LogP contribution is -2.51. The van der Waals surface area contributed by atoms with E-state index >= 15 is 0 Å². The van der Waals surface area contributed by atoms with E-state index in [4.69, 9.17) is 20.9 Å². The minimum Gasteiger partial charge on any atom is -0.493 e. The van der Waals surface area contributed by atoms with Crippen molar-refractivity contribution in [2.45, 2.75) is 38.3 Å². The molecule has 2 amide bonds. The summed E-state index contributed by atoms with van der Waals surface area (Å²) in [5.41, 5.74) is 11.9. The number of hydrogen-bond acceptors (Lipinski definition) is 5. The van der Waals surface area contributed by atoms with Crippen molar-refractivity contribution in [3.63, 3.8) is 0 Å². The van der Waals surface area contributed by atoms with Crippen LogP contribution in [-0.4, -0.2) is 49.1 Å². The van der Waals surface area contributed by atoms with Gasteiger partial charge in [-0.2, -0.15) is 0 Å². The molecule has 0 radical (unpaired) electrons. The zero-order chi connectivity index (χ0) is 19.1. The molecule has 0 saturated carbocycles. The Morgan fingerprint density at radius 3 is 2.77 bits per heavy atom. The molecule has 2 atom stereocenters. The van der Waals surface area contributed by atoms with Gasteiger partial charge in [-0.15, -0.1) is 0 Å². The van der Waals surface area contributed by atoms with Gasteiger partial charge < -0.3 is 25.8 Å². The van der Waals surface area contributed by atoms with E-state index in [1.54, 1.807) is 30.4 Å². The summed E-state index contributed by atoms with van der Waals surface area (Å²) in [5.74, 6) is 0.280. The lowest BCUT2D eigenvalue weighted by Gasteiger charge is -2.37. The van der Waals surface area contributed by atoms with E-state index in [0.29, 0.717) is 11.5 Å². The predicted molar refractivity (Wildman–Crippen MR) is 99.7 cm³/mol. The number of amides is 2. The van der Waals surface area contributed by atoms with Crippen LogP contribution in [0.1, 0.15) is 31.7 Å². The Morgan fingerprint density at radius 2 is 2.12 bits per heavy atom. The summed E-state index contributed by atoms with van der Waals surface area (Å²) in [6, 6.07) is 5.23. The number of carbonyl (C=O) groups excluding carboxylic acids is 2. The van der Waals surface area contributed by atoms with Gasteiger partial charge in [-0.05, 0) is 50.0 Å². The van der Waals surface area contributed by atoms with Crippen LogP contribution >= 0.6 is 0 Å². The average molecular weight is 361 g/mol. The van der Waals surface area contributed by atoms with Gasteiger partial charge >= 0.3 is 0 Å². The van der Waals surface area contributed by atoms with Gasteiger partial charge in [0.1, 0.15) is 0 Å². The number of ether oxygens (including phenoxy) is 2. The number of carbonyl (C=O) groups is 2. The van der Waals surface area contributed by atoms with Crippen molar-refractivity contribution < 1.29 is 19.1 Å². The first-order valence-electron chi connectivity index (χ1n) is 8.75. The normalized spacial score (nSPS) is 18.6. The zero-order valence-corrected chi connectivity index (χ0v) is 15.3. The van der Waals surface area contributed by atoms with Gasteiger partial charge in [-0.1, -0.05) is 6.07 Å². The smallest absolute Gasteiger partial charge is 0.255 e. The van der Waals surface area contributed by atoms with Crippen molar-refractivity contribution in [1.82, 2.24) is 4.90 Å². The number of benzene rings is 1. The molecule has 1 saturated heterocycles. The Balaban J connectivity index is 2.08. The van der Waals surface area contributed by atoms with E-state index in [1.807, 2.05) is 11.8 Å². The Morgan fingerprint density at radius 1 is 1.35 bits per heavy atom. The number of rotatable bonds is 7. The molecule has 1 aliphatic rings. The van der Waals surface area contributed by atoms with Crippen LogP contribution in [0.15, 0.2) is 24.3 Å². The fourth-order valence-electron chi connectivity index (χ4n) is 3.10. The standard InChI is InChI=1S/C19H27N3O4/c1-13(20)15-5-3-4-10-22(15)19(24)9-7-14-6-8-16(17(11-14)25-2)26-12-18(21)23/h6-9,11,13,15H,3-5,10,12,20H2,1-2H3,(H2,21,23). The Hall–Kier alpha value is -2.54. The third-order valence-electron chi connectivity index (χ3n) is 4.42. The second-order valence-electron chi connectivity index (χ2n) is 6.45. The number of likely N-dealkylation sites (tertiary alicyclic amines) is 1. The number of nitrogens with two attached hydrogens (primary N) is 2. The number of piperidine rings is 1. The second-order valence-corrected chi connectivity index (χ2v) is 6.45. The number of primary amides is 1. The van der Waals surface area contributed by atoms with Gasteiger partial charge in [-0.25, -0.2) is 0 Å². The minimum absolute atomic E-state index is 0.0416. The van der Waals surface area contributed by atoms with Crippen LogP contribution in [-0.2, 0) is 9.59 Å². The van der Waals surface area contributed by atoms with Crippen molar-refractivity contribution >= 4 is 17.9 Å². The van der Waals surface area contributed by atoms with Crippen molar-refractivity contribution in [1.29, 1.82) is 0 Å². The molecule has 7 heteroatoms. The minimum atomic E-state index is -0.563. The maximum Gasteiger partial charge on any atom is 0.255 e. The second kappa shape index (κ2) is 9.24. The molecule has 2 rings (SSSR count). The maximum atomic E-state index is 12.6. The molecule has 1 aromatic carbocycles. The first kappa shape index (κ1) is 19.8. The fraction of sp³-hybridized carbons (Fsp3) is 0.474. The van der Waals surface area contributed by atoms with Crippen molar-refractivity contribution in [3.8, 4) is 11.5 Å². The van der Waals surface area contributed by atoms with Crippen LogP contribution < -0.4 is 20.9 Å². The molecule has 0 aliphatic carbocycles. The Labute approximate surface area is 153 Å². The van der Waals surface area contributed by atoms with Gasteiger partial charge in [0.25, 0.3) is 5.91 Å². The van der Waals surface area contributed by atoms with Gasteiger partial charge in [0.05, 0.1) is 7.11 Å². The molecule has 0 spiro atoms. The molecule has 0 bridgehead atoms. The molecule has 7 nitrogen and oxygen atoms in total. The molecule has 26 heavy (non-hydrogen) atoms. The van der Waals surface area contributed by atoms with E-state index in [0.717, 1.165) is 31.4 Å². The van der Waals surface area contributed by atoms with Gasteiger partial charge in [-0.3, -0.25) is 9.59 Å². The van der Waals surface area contributed by atoms with Crippen molar-refractivity contribution in [3.05, 3.63) is 29.8 Å². The van der Waals surface area contributed by atoms with E-state index in [1.165, 1.54) is 7.11 Å². The SMILES string of the molecule is COc1cc(C=CC(=O)N2CCCCC2C(C)N)ccc1OCC(N)=O. The number of hydrogen-bond donors (Lipinski definition) is 2. The Kier molecular flexibility index (Phi) is 7.03. The van der Waals surface area contributed by atoms with Crippen LogP contribution in [0.3, 0.4) is 0 Å². The van der Waals surface area contributed by atoms with E-state index < -0.39 is 5.91 Å². The van der Waals surface area contributed by atoms with E-state index in [-0.39, 0.29) is 24.6 Å². The first-order valence-corrected chi connectivity index (χ1v) is 8.75. The molecular weight excluding hydrogens is 334 g/mol. The monoisotopic (exact) mass is 361 g/mol. The predicted octanol–water partition coefficient (Wildman–Crippen LogP) is 1.30. The van der Waals surface area contributed by atoms with Crippen molar-refractivity contribution in [2.24, 2.45) is 11.5 Å². The fourth-order valence-corrected chi connectivity index (χ4v) is 3.10. The lowest BCUT2D eigenvalue weighted by atomic mass is 9.97. The molecule has 2 unspecified atom stereocenters. The maximum absolute atomic E-state index is 12.6. The summed E-state index contributed by atoms with van der Waals surface area (Å²) >= 11 is 0. The van der Waals surface area contributed by atoms with Crippen LogP contribution in [0.5, 0.6) is 11.5 Å².